The third kappa shape index (κ3) is 6.55. The number of aromatic nitrogens is 3. The van der Waals surface area contributed by atoms with E-state index in [1.54, 1.807) is 0 Å². The van der Waals surface area contributed by atoms with Gasteiger partial charge in [0.25, 0.3) is 12.3 Å². The molecule has 0 aliphatic heterocycles. The van der Waals surface area contributed by atoms with Gasteiger partial charge in [0.2, 0.25) is 11.8 Å². The maximum Gasteiger partial charge on any atom is 0.418 e. The molecule has 0 unspecified atom stereocenters. The minimum absolute atomic E-state index is 0.0430. The molecule has 1 aromatic carbocycles. The molecule has 0 radical (unpaired) electrons. The second kappa shape index (κ2) is 11.6. The number of alkyl halides is 5. The largest absolute Gasteiger partial charge is 0.471 e. The number of allylic oxidation sites excluding steroid dienone is 2. The number of H-pyrrole nitrogens is 1. The smallest absolute Gasteiger partial charge is 0.418 e. The number of amides is 1. The van der Waals surface area contributed by atoms with Gasteiger partial charge in [0.05, 0.1) is 27.9 Å². The van der Waals surface area contributed by atoms with Crippen LogP contribution in [0.25, 0.3) is 11.2 Å². The van der Waals surface area contributed by atoms with Crippen LogP contribution in [0.3, 0.4) is 0 Å². The Morgan fingerprint density at radius 1 is 1.20 bits per heavy atom. The summed E-state index contributed by atoms with van der Waals surface area (Å²) < 4.78 is 85.4. The van der Waals surface area contributed by atoms with Gasteiger partial charge in [-0.1, -0.05) is 17.7 Å². The van der Waals surface area contributed by atoms with E-state index in [9.17, 15) is 35.9 Å². The SMILES string of the molecule is CC(=O)c1cc2[nH]c(Nc3cc(CNC(=O)C4=C(Cl)CCC=C4F)ccc3C(F)(F)F)nc2nc1OCC(F)F. The molecular weight excluding hydrogens is 568 g/mol. The van der Waals surface area contributed by atoms with Crippen molar-refractivity contribution < 1.29 is 40.7 Å². The Bertz CT molecular complexity index is 1530. The quantitative estimate of drug-likeness (QED) is 0.200. The first-order chi connectivity index (χ1) is 18.8. The summed E-state index contributed by atoms with van der Waals surface area (Å²) in [6.45, 7) is -0.114. The van der Waals surface area contributed by atoms with Crippen LogP contribution in [0.2, 0.25) is 0 Å². The number of nitrogens with zero attached hydrogens (tertiary/aromatic N) is 2. The number of imidazole rings is 1. The lowest BCUT2D eigenvalue weighted by molar-refractivity contribution is -0.137. The normalized spacial score (nSPS) is 14.0. The van der Waals surface area contributed by atoms with Crippen LogP contribution >= 0.6 is 11.6 Å². The number of pyridine rings is 1. The molecule has 2 aromatic heterocycles. The summed E-state index contributed by atoms with van der Waals surface area (Å²) in [5.74, 6) is -2.75. The van der Waals surface area contributed by atoms with Crippen molar-refractivity contribution in [1.82, 2.24) is 20.3 Å². The van der Waals surface area contributed by atoms with Gasteiger partial charge >= 0.3 is 6.18 Å². The monoisotopic (exact) mass is 587 g/mol. The van der Waals surface area contributed by atoms with Crippen LogP contribution in [0.4, 0.5) is 38.0 Å². The van der Waals surface area contributed by atoms with E-state index in [1.807, 2.05) is 0 Å². The second-order valence-corrected chi connectivity index (χ2v) is 9.07. The van der Waals surface area contributed by atoms with Gasteiger partial charge in [0, 0.05) is 11.6 Å². The number of benzene rings is 1. The summed E-state index contributed by atoms with van der Waals surface area (Å²) in [5.41, 5.74) is -1.71. The highest BCUT2D eigenvalue weighted by Crippen LogP contribution is 2.37. The molecule has 3 aromatic rings. The molecule has 0 atom stereocenters. The van der Waals surface area contributed by atoms with Crippen molar-refractivity contribution >= 4 is 46.1 Å². The molecule has 1 aliphatic rings. The van der Waals surface area contributed by atoms with Gasteiger partial charge in [-0.15, -0.1) is 0 Å². The molecule has 40 heavy (non-hydrogen) atoms. The standard InChI is InChI=1S/C25H20ClF6N5O3/c1-11(38)13-8-18-21(36-23(13)40-10-19(28)29)37-24(35-18)34-17-7-12(5-6-14(17)25(30,31)32)9-33-22(39)20-15(26)3-2-4-16(20)27/h4-8,19H,2-3,9-10H2,1H3,(H,33,39)(H2,34,35,36,37). The van der Waals surface area contributed by atoms with Crippen molar-refractivity contribution in [2.75, 3.05) is 11.9 Å². The summed E-state index contributed by atoms with van der Waals surface area (Å²) in [6.07, 6.45) is -5.77. The summed E-state index contributed by atoms with van der Waals surface area (Å²) >= 11 is 5.97. The molecule has 0 saturated heterocycles. The van der Waals surface area contributed by atoms with Crippen LogP contribution < -0.4 is 15.4 Å². The van der Waals surface area contributed by atoms with E-state index in [-0.39, 0.29) is 51.8 Å². The van der Waals surface area contributed by atoms with Crippen LogP contribution in [0.15, 0.2) is 46.8 Å². The number of halogens is 7. The van der Waals surface area contributed by atoms with Crippen molar-refractivity contribution in [3.8, 4) is 5.88 Å². The van der Waals surface area contributed by atoms with Crippen LogP contribution in [0.5, 0.6) is 5.88 Å². The number of rotatable bonds is 9. The maximum atomic E-state index is 14.1. The Balaban J connectivity index is 1.61. The average Bonchev–Trinajstić information content (AvgIpc) is 3.26. The summed E-state index contributed by atoms with van der Waals surface area (Å²) in [6, 6.07) is 4.29. The van der Waals surface area contributed by atoms with Gasteiger partial charge in [0.1, 0.15) is 5.83 Å². The lowest BCUT2D eigenvalue weighted by Gasteiger charge is -2.16. The van der Waals surface area contributed by atoms with Gasteiger partial charge < -0.3 is 20.4 Å². The first-order valence-corrected chi connectivity index (χ1v) is 12.0. The van der Waals surface area contributed by atoms with E-state index in [0.29, 0.717) is 6.42 Å². The number of anilines is 2. The van der Waals surface area contributed by atoms with Gasteiger partial charge in [-0.2, -0.15) is 23.1 Å². The number of Topliss-reactive ketones (excluding diaryl/α,β-unsaturated/α-hetero) is 1. The fourth-order valence-corrected chi connectivity index (χ4v) is 4.14. The number of fused-ring (bicyclic) bond motifs is 1. The Morgan fingerprint density at radius 2 is 1.95 bits per heavy atom. The summed E-state index contributed by atoms with van der Waals surface area (Å²) in [5, 5.41) is 4.99. The van der Waals surface area contributed by atoms with Gasteiger partial charge in [0.15, 0.2) is 18.0 Å². The number of nitrogens with one attached hydrogen (secondary N) is 3. The number of hydrogen-bond acceptors (Lipinski definition) is 6. The van der Waals surface area contributed by atoms with Gasteiger partial charge in [-0.3, -0.25) is 9.59 Å². The molecule has 15 heteroatoms. The van der Waals surface area contributed by atoms with E-state index in [0.717, 1.165) is 25.1 Å². The van der Waals surface area contributed by atoms with Crippen molar-refractivity contribution in [3.63, 3.8) is 0 Å². The zero-order valence-electron chi connectivity index (χ0n) is 20.6. The molecule has 0 saturated carbocycles. The average molecular weight is 588 g/mol. The predicted molar refractivity (Wildman–Crippen MR) is 133 cm³/mol. The lowest BCUT2D eigenvalue weighted by Crippen LogP contribution is -2.26. The molecule has 212 valence electrons. The highest BCUT2D eigenvalue weighted by atomic mass is 35.5. The fourth-order valence-electron chi connectivity index (χ4n) is 3.85. The molecule has 0 spiro atoms. The highest BCUT2D eigenvalue weighted by Gasteiger charge is 2.34. The minimum Gasteiger partial charge on any atom is -0.471 e. The van der Waals surface area contributed by atoms with E-state index < -0.39 is 53.9 Å². The molecular formula is C25H20ClF6N5O3. The predicted octanol–water partition coefficient (Wildman–Crippen LogP) is 6.32. The van der Waals surface area contributed by atoms with Crippen molar-refractivity contribution in [2.45, 2.75) is 38.9 Å². The molecule has 1 aliphatic carbocycles. The third-order valence-corrected chi connectivity index (χ3v) is 6.06. The molecule has 8 nitrogen and oxygen atoms in total. The zero-order chi connectivity index (χ0) is 29.2. The topological polar surface area (TPSA) is 109 Å². The minimum atomic E-state index is -4.78. The second-order valence-electron chi connectivity index (χ2n) is 8.61. The molecule has 0 bridgehead atoms. The number of ketones is 1. The Labute approximate surface area is 227 Å². The lowest BCUT2D eigenvalue weighted by atomic mass is 10.0. The van der Waals surface area contributed by atoms with Crippen molar-refractivity contribution in [2.24, 2.45) is 0 Å². The highest BCUT2D eigenvalue weighted by molar-refractivity contribution is 6.32. The van der Waals surface area contributed by atoms with Crippen LogP contribution in [-0.2, 0) is 17.5 Å². The van der Waals surface area contributed by atoms with Crippen LogP contribution in [0.1, 0.15) is 41.3 Å². The number of hydrogen-bond donors (Lipinski definition) is 3. The van der Waals surface area contributed by atoms with Gasteiger partial charge in [-0.25, -0.2) is 13.2 Å². The Morgan fingerprint density at radius 3 is 2.60 bits per heavy atom. The van der Waals surface area contributed by atoms with Crippen molar-refractivity contribution in [1.29, 1.82) is 0 Å². The molecule has 2 heterocycles. The number of aromatic amines is 1. The van der Waals surface area contributed by atoms with Crippen molar-refractivity contribution in [3.05, 3.63) is 63.5 Å². The first kappa shape index (κ1) is 28.9. The van der Waals surface area contributed by atoms with E-state index in [4.69, 9.17) is 16.3 Å². The summed E-state index contributed by atoms with van der Waals surface area (Å²) in [4.78, 5) is 35.1. The number of carbonyl (C=O) groups is 2. The molecule has 4 rings (SSSR count). The van der Waals surface area contributed by atoms with E-state index in [1.165, 1.54) is 12.1 Å². The number of ether oxygens (including phenoxy) is 1. The fraction of sp³-hybridized carbons (Fsp3) is 0.280. The maximum absolute atomic E-state index is 14.1. The molecule has 1 amide bonds. The summed E-state index contributed by atoms with van der Waals surface area (Å²) in [7, 11) is 0. The third-order valence-electron chi connectivity index (χ3n) is 5.68. The number of carbonyl (C=O) groups excluding carboxylic acids is 2. The van der Waals surface area contributed by atoms with E-state index >= 15 is 0 Å². The molecule has 0 fully saturated rings. The molecule has 3 N–H and O–H groups in total. The van der Waals surface area contributed by atoms with Crippen LogP contribution in [-0.4, -0.2) is 39.7 Å². The van der Waals surface area contributed by atoms with Crippen LogP contribution in [0, 0.1) is 0 Å². The Kier molecular flexibility index (Phi) is 8.37. The van der Waals surface area contributed by atoms with E-state index in [2.05, 4.69) is 25.6 Å². The van der Waals surface area contributed by atoms with Gasteiger partial charge in [-0.05, 0) is 49.6 Å². The zero-order valence-corrected chi connectivity index (χ0v) is 21.3. The first-order valence-electron chi connectivity index (χ1n) is 11.7. The Hall–Kier alpha value is -4.07.